The van der Waals surface area contributed by atoms with Crippen LogP contribution >= 0.6 is 0 Å². The van der Waals surface area contributed by atoms with Crippen molar-refractivity contribution in [1.29, 1.82) is 0 Å². The van der Waals surface area contributed by atoms with Gasteiger partial charge in [0.15, 0.2) is 0 Å². The maximum absolute atomic E-state index is 12.7. The average molecular weight is 487 g/mol. The zero-order valence-electron chi connectivity index (χ0n) is 22.7. The van der Waals surface area contributed by atoms with Crippen LogP contribution in [-0.4, -0.2) is 86.0 Å². The molecule has 2 unspecified atom stereocenters. The summed E-state index contributed by atoms with van der Waals surface area (Å²) >= 11 is 0. The largest absolute Gasteiger partial charge is 0.493 e. The molecule has 2 saturated heterocycles. The van der Waals surface area contributed by atoms with Gasteiger partial charge in [-0.15, -0.1) is 0 Å². The maximum Gasteiger partial charge on any atom is 0.242 e. The van der Waals surface area contributed by atoms with Crippen molar-refractivity contribution in [2.24, 2.45) is 5.92 Å². The molecule has 2 aliphatic heterocycles. The fraction of sp³-hybridized carbons (Fsp3) is 0.714. The fourth-order valence-electron chi connectivity index (χ4n) is 5.33. The van der Waals surface area contributed by atoms with Crippen molar-refractivity contribution < 1.29 is 14.3 Å². The van der Waals surface area contributed by atoms with E-state index in [2.05, 4.69) is 62.1 Å². The van der Waals surface area contributed by atoms with Gasteiger partial charge in [-0.25, -0.2) is 0 Å². The highest BCUT2D eigenvalue weighted by Crippen LogP contribution is 2.34. The molecule has 0 aromatic heterocycles. The lowest BCUT2D eigenvalue weighted by molar-refractivity contribution is -0.140. The second-order valence-corrected chi connectivity index (χ2v) is 10.7. The number of unbranched alkanes of at least 4 members (excludes halogenated alkanes) is 1. The summed E-state index contributed by atoms with van der Waals surface area (Å²) in [5.41, 5.74) is 3.89. The van der Waals surface area contributed by atoms with Crippen LogP contribution in [0.15, 0.2) is 12.1 Å². The van der Waals surface area contributed by atoms with Gasteiger partial charge in [-0.05, 0) is 96.3 Å². The SMILES string of the molecule is CC(=O)N1CCCCC1C(=O)NCC1CN(C(C)c2ccc(OCCCCN(C)C)c(C)c2C)C1. The number of likely N-dealkylation sites (tertiary alicyclic amines) is 2. The molecule has 0 spiro atoms. The van der Waals surface area contributed by atoms with E-state index in [1.807, 2.05) is 0 Å². The van der Waals surface area contributed by atoms with Gasteiger partial charge in [-0.1, -0.05) is 6.07 Å². The molecule has 7 nitrogen and oxygen atoms in total. The van der Waals surface area contributed by atoms with Crippen molar-refractivity contribution in [3.8, 4) is 5.75 Å². The molecule has 1 N–H and O–H groups in total. The summed E-state index contributed by atoms with van der Waals surface area (Å²) in [4.78, 5) is 31.0. The van der Waals surface area contributed by atoms with Crippen LogP contribution in [0.1, 0.15) is 68.7 Å². The topological polar surface area (TPSA) is 65.1 Å². The predicted octanol–water partition coefficient (Wildman–Crippen LogP) is 3.53. The number of ether oxygens (including phenoxy) is 1. The number of nitrogens with one attached hydrogen (secondary N) is 1. The highest BCUT2D eigenvalue weighted by atomic mass is 16.5. The van der Waals surface area contributed by atoms with Crippen LogP contribution in [-0.2, 0) is 9.59 Å². The molecule has 0 saturated carbocycles. The Bertz CT molecular complexity index is 866. The zero-order chi connectivity index (χ0) is 25.5. The number of nitrogens with zero attached hydrogens (tertiary/aromatic N) is 3. The summed E-state index contributed by atoms with van der Waals surface area (Å²) in [5, 5.41) is 3.12. The van der Waals surface area contributed by atoms with E-state index < -0.39 is 0 Å². The van der Waals surface area contributed by atoms with Gasteiger partial charge in [0.25, 0.3) is 0 Å². The lowest BCUT2D eigenvalue weighted by Crippen LogP contribution is -2.55. The highest BCUT2D eigenvalue weighted by Gasteiger charge is 2.34. The molecule has 1 aromatic carbocycles. The van der Waals surface area contributed by atoms with Crippen LogP contribution in [0.5, 0.6) is 5.75 Å². The van der Waals surface area contributed by atoms with Crippen molar-refractivity contribution in [2.45, 2.75) is 71.9 Å². The van der Waals surface area contributed by atoms with Gasteiger partial charge >= 0.3 is 0 Å². The number of hydrogen-bond donors (Lipinski definition) is 1. The second-order valence-electron chi connectivity index (χ2n) is 10.7. The van der Waals surface area contributed by atoms with Crippen LogP contribution in [0.3, 0.4) is 0 Å². The normalized spacial score (nSPS) is 20.0. The lowest BCUT2D eigenvalue weighted by Gasteiger charge is -2.44. The van der Waals surface area contributed by atoms with E-state index in [1.165, 1.54) is 16.7 Å². The molecule has 2 aliphatic rings. The van der Waals surface area contributed by atoms with Crippen LogP contribution < -0.4 is 10.1 Å². The standard InChI is InChI=1S/C28H46N4O3/c1-20-21(2)27(35-16-10-9-14-30(5)6)13-12-25(20)22(3)31-18-24(19-31)17-29-28(34)26-11-7-8-15-32(26)23(4)33/h12-13,22,24,26H,7-11,14-19H2,1-6H3,(H,29,34). The molecule has 7 heteroatoms. The summed E-state index contributed by atoms with van der Waals surface area (Å²) in [6, 6.07) is 4.39. The average Bonchev–Trinajstić information content (AvgIpc) is 2.79. The monoisotopic (exact) mass is 486 g/mol. The number of amides is 2. The van der Waals surface area contributed by atoms with Gasteiger partial charge in [0, 0.05) is 45.1 Å². The predicted molar refractivity (Wildman–Crippen MR) is 141 cm³/mol. The van der Waals surface area contributed by atoms with E-state index >= 15 is 0 Å². The van der Waals surface area contributed by atoms with Gasteiger partial charge < -0.3 is 19.9 Å². The van der Waals surface area contributed by atoms with E-state index in [0.717, 1.165) is 64.1 Å². The van der Waals surface area contributed by atoms with Crippen molar-refractivity contribution in [2.75, 3.05) is 53.4 Å². The summed E-state index contributed by atoms with van der Waals surface area (Å²) in [7, 11) is 4.20. The molecule has 2 atom stereocenters. The first kappa shape index (κ1) is 27.5. The quantitative estimate of drug-likeness (QED) is 0.485. The molecular formula is C28H46N4O3. The Balaban J connectivity index is 1.45. The molecule has 35 heavy (non-hydrogen) atoms. The Morgan fingerprint density at radius 2 is 1.89 bits per heavy atom. The van der Waals surface area contributed by atoms with E-state index in [1.54, 1.807) is 11.8 Å². The fourth-order valence-corrected chi connectivity index (χ4v) is 5.33. The van der Waals surface area contributed by atoms with E-state index in [4.69, 9.17) is 4.74 Å². The van der Waals surface area contributed by atoms with Gasteiger partial charge in [-0.3, -0.25) is 14.5 Å². The number of carbonyl (C=O) groups is 2. The zero-order valence-corrected chi connectivity index (χ0v) is 22.7. The Morgan fingerprint density at radius 1 is 1.14 bits per heavy atom. The van der Waals surface area contributed by atoms with Crippen molar-refractivity contribution >= 4 is 11.8 Å². The molecule has 2 heterocycles. The molecular weight excluding hydrogens is 440 g/mol. The summed E-state index contributed by atoms with van der Waals surface area (Å²) in [6.45, 7) is 13.4. The van der Waals surface area contributed by atoms with Crippen molar-refractivity contribution in [3.05, 3.63) is 28.8 Å². The van der Waals surface area contributed by atoms with Crippen LogP contribution in [0, 0.1) is 19.8 Å². The number of rotatable bonds is 11. The second kappa shape index (κ2) is 12.7. The number of benzene rings is 1. The first-order valence-corrected chi connectivity index (χ1v) is 13.4. The minimum absolute atomic E-state index is 0.0000901. The van der Waals surface area contributed by atoms with Crippen molar-refractivity contribution in [3.63, 3.8) is 0 Å². The molecule has 2 fully saturated rings. The first-order chi connectivity index (χ1) is 16.7. The minimum Gasteiger partial charge on any atom is -0.493 e. The van der Waals surface area contributed by atoms with Gasteiger partial charge in [-0.2, -0.15) is 0 Å². The molecule has 0 radical (unpaired) electrons. The maximum atomic E-state index is 12.7. The first-order valence-electron chi connectivity index (χ1n) is 13.4. The molecule has 196 valence electrons. The Labute approximate surface area is 212 Å². The van der Waals surface area contributed by atoms with Crippen LogP contribution in [0.2, 0.25) is 0 Å². The van der Waals surface area contributed by atoms with Gasteiger partial charge in [0.1, 0.15) is 11.8 Å². The van der Waals surface area contributed by atoms with Gasteiger partial charge in [0.05, 0.1) is 6.61 Å². The lowest BCUT2D eigenvalue weighted by atomic mass is 9.91. The third-order valence-electron chi connectivity index (χ3n) is 7.79. The molecule has 3 rings (SSSR count). The summed E-state index contributed by atoms with van der Waals surface area (Å²) in [5.74, 6) is 1.46. The van der Waals surface area contributed by atoms with Crippen LogP contribution in [0.25, 0.3) is 0 Å². The highest BCUT2D eigenvalue weighted by molar-refractivity contribution is 5.87. The molecule has 0 aliphatic carbocycles. The van der Waals surface area contributed by atoms with E-state index in [0.29, 0.717) is 25.0 Å². The smallest absolute Gasteiger partial charge is 0.242 e. The van der Waals surface area contributed by atoms with E-state index in [-0.39, 0.29) is 17.9 Å². The van der Waals surface area contributed by atoms with Crippen LogP contribution in [0.4, 0.5) is 0 Å². The summed E-state index contributed by atoms with van der Waals surface area (Å²) < 4.78 is 6.08. The number of hydrogen-bond acceptors (Lipinski definition) is 5. The number of carbonyl (C=O) groups excluding carboxylic acids is 2. The molecule has 1 aromatic rings. The van der Waals surface area contributed by atoms with Crippen molar-refractivity contribution in [1.82, 2.24) is 20.0 Å². The third kappa shape index (κ3) is 7.20. The third-order valence-corrected chi connectivity index (χ3v) is 7.79. The summed E-state index contributed by atoms with van der Waals surface area (Å²) in [6.07, 6.45) is 4.98. The van der Waals surface area contributed by atoms with Gasteiger partial charge in [0.2, 0.25) is 11.8 Å². The minimum atomic E-state index is -0.296. The van der Waals surface area contributed by atoms with E-state index in [9.17, 15) is 9.59 Å². The number of piperidine rings is 1. The molecule has 0 bridgehead atoms. The molecule has 2 amide bonds. The Hall–Kier alpha value is -2.12. The Morgan fingerprint density at radius 3 is 2.57 bits per heavy atom. The Kier molecular flexibility index (Phi) is 9.99.